The second-order valence-electron chi connectivity index (χ2n) is 3.80. The van der Waals surface area contributed by atoms with Crippen molar-refractivity contribution in [3.8, 4) is 0 Å². The van der Waals surface area contributed by atoms with Crippen LogP contribution in [0, 0.1) is 6.92 Å². The molecule has 2 aromatic heterocycles. The largest absolute Gasteiger partial charge is 0.456 e. The zero-order valence-corrected chi connectivity index (χ0v) is 8.73. The van der Waals surface area contributed by atoms with Crippen molar-refractivity contribution in [2.24, 2.45) is 0 Å². The van der Waals surface area contributed by atoms with Gasteiger partial charge in [0.15, 0.2) is 0 Å². The molecule has 0 radical (unpaired) electrons. The van der Waals surface area contributed by atoms with Gasteiger partial charge in [-0.05, 0) is 25.1 Å². The van der Waals surface area contributed by atoms with E-state index in [1.54, 1.807) is 18.5 Å². The van der Waals surface area contributed by atoms with E-state index < -0.39 is 0 Å². The van der Waals surface area contributed by atoms with Gasteiger partial charge in [-0.25, -0.2) is 0 Å². The molecule has 0 spiro atoms. The summed E-state index contributed by atoms with van der Waals surface area (Å²) < 4.78 is 5.64. The lowest BCUT2D eigenvalue weighted by molar-refractivity contribution is 0.659. The smallest absolute Gasteiger partial charge is 0.202 e. The molecule has 0 unspecified atom stereocenters. The normalized spacial score (nSPS) is 11.1. The predicted molar refractivity (Wildman–Crippen MR) is 62.5 cm³/mol. The molecule has 3 aromatic rings. The van der Waals surface area contributed by atoms with Gasteiger partial charge in [0.2, 0.25) is 5.43 Å². The fraction of sp³-hybridized carbons (Fsp3) is 0.0769. The molecule has 0 saturated heterocycles. The predicted octanol–water partition coefficient (Wildman–Crippen LogP) is 2.65. The molecular formula is C13H9NO2. The Bertz CT molecular complexity index is 744. The van der Waals surface area contributed by atoms with Gasteiger partial charge >= 0.3 is 0 Å². The fourth-order valence-corrected chi connectivity index (χ4v) is 1.82. The summed E-state index contributed by atoms with van der Waals surface area (Å²) in [7, 11) is 0. The van der Waals surface area contributed by atoms with Crippen LogP contribution in [0.5, 0.6) is 0 Å². The Morgan fingerprint density at radius 3 is 2.81 bits per heavy atom. The van der Waals surface area contributed by atoms with Crippen molar-refractivity contribution in [3.63, 3.8) is 0 Å². The summed E-state index contributed by atoms with van der Waals surface area (Å²) in [5, 5.41) is 1.14. The van der Waals surface area contributed by atoms with Crippen molar-refractivity contribution < 1.29 is 4.42 Å². The maximum Gasteiger partial charge on any atom is 0.202 e. The van der Waals surface area contributed by atoms with E-state index in [1.165, 1.54) is 0 Å². The summed E-state index contributed by atoms with van der Waals surface area (Å²) in [4.78, 5) is 16.1. The Morgan fingerprint density at radius 1 is 1.12 bits per heavy atom. The summed E-state index contributed by atoms with van der Waals surface area (Å²) in [6.45, 7) is 1.95. The molecule has 2 heterocycles. The third-order valence-corrected chi connectivity index (χ3v) is 2.63. The fourth-order valence-electron chi connectivity index (χ4n) is 1.82. The first kappa shape index (κ1) is 9.09. The number of pyridine rings is 1. The first-order chi connectivity index (χ1) is 7.75. The van der Waals surface area contributed by atoms with Gasteiger partial charge < -0.3 is 4.42 Å². The number of benzene rings is 1. The van der Waals surface area contributed by atoms with E-state index in [-0.39, 0.29) is 5.43 Å². The van der Waals surface area contributed by atoms with Crippen molar-refractivity contribution in [1.29, 1.82) is 0 Å². The van der Waals surface area contributed by atoms with E-state index in [0.29, 0.717) is 21.9 Å². The Morgan fingerprint density at radius 2 is 1.94 bits per heavy atom. The molecular weight excluding hydrogens is 202 g/mol. The van der Waals surface area contributed by atoms with Crippen LogP contribution in [0.3, 0.4) is 0 Å². The zero-order chi connectivity index (χ0) is 11.1. The average molecular weight is 211 g/mol. The standard InChI is InChI=1S/C13H9NO2/c1-8-2-3-11-9(6-8)13(15)10-7-14-5-4-12(10)16-11/h2-7H,1H3. The molecule has 1 aromatic carbocycles. The highest BCUT2D eigenvalue weighted by molar-refractivity contribution is 5.89. The van der Waals surface area contributed by atoms with Gasteiger partial charge in [-0.15, -0.1) is 0 Å². The number of hydrogen-bond donors (Lipinski definition) is 0. The summed E-state index contributed by atoms with van der Waals surface area (Å²) in [5.74, 6) is 0. The molecule has 0 aliphatic heterocycles. The molecule has 0 N–H and O–H groups in total. The number of fused-ring (bicyclic) bond motifs is 2. The third kappa shape index (κ3) is 1.21. The molecule has 3 nitrogen and oxygen atoms in total. The van der Waals surface area contributed by atoms with E-state index in [4.69, 9.17) is 4.42 Å². The maximum atomic E-state index is 12.1. The summed E-state index contributed by atoms with van der Waals surface area (Å²) in [6, 6.07) is 7.30. The van der Waals surface area contributed by atoms with E-state index in [2.05, 4.69) is 4.98 Å². The molecule has 0 saturated carbocycles. The van der Waals surface area contributed by atoms with Gasteiger partial charge in [-0.3, -0.25) is 9.78 Å². The van der Waals surface area contributed by atoms with Crippen molar-refractivity contribution in [2.75, 3.05) is 0 Å². The van der Waals surface area contributed by atoms with Crippen LogP contribution in [0.25, 0.3) is 21.9 Å². The van der Waals surface area contributed by atoms with Crippen LogP contribution in [0.15, 0.2) is 45.9 Å². The molecule has 0 amide bonds. The lowest BCUT2D eigenvalue weighted by Crippen LogP contribution is -2.02. The molecule has 3 rings (SSSR count). The average Bonchev–Trinajstić information content (AvgIpc) is 2.31. The van der Waals surface area contributed by atoms with Crippen LogP contribution in [0.4, 0.5) is 0 Å². The topological polar surface area (TPSA) is 43.1 Å². The van der Waals surface area contributed by atoms with Crippen LogP contribution >= 0.6 is 0 Å². The SMILES string of the molecule is Cc1ccc2oc3ccncc3c(=O)c2c1. The van der Waals surface area contributed by atoms with E-state index in [1.807, 2.05) is 25.1 Å². The Hall–Kier alpha value is -2.16. The van der Waals surface area contributed by atoms with Gasteiger partial charge in [0, 0.05) is 12.4 Å². The number of aromatic nitrogens is 1. The summed E-state index contributed by atoms with van der Waals surface area (Å²) >= 11 is 0. The van der Waals surface area contributed by atoms with Crippen molar-refractivity contribution in [2.45, 2.75) is 6.92 Å². The van der Waals surface area contributed by atoms with Crippen LogP contribution in [0.2, 0.25) is 0 Å². The van der Waals surface area contributed by atoms with Gasteiger partial charge in [0.25, 0.3) is 0 Å². The highest BCUT2D eigenvalue weighted by Gasteiger charge is 2.06. The van der Waals surface area contributed by atoms with Crippen molar-refractivity contribution >= 4 is 21.9 Å². The summed E-state index contributed by atoms with van der Waals surface area (Å²) in [5.41, 5.74) is 2.22. The Labute approximate surface area is 91.3 Å². The van der Waals surface area contributed by atoms with Crippen LogP contribution in [-0.4, -0.2) is 4.98 Å². The lowest BCUT2D eigenvalue weighted by Gasteiger charge is -2.01. The van der Waals surface area contributed by atoms with Crippen molar-refractivity contribution in [1.82, 2.24) is 4.98 Å². The molecule has 3 heteroatoms. The summed E-state index contributed by atoms with van der Waals surface area (Å²) in [6.07, 6.45) is 3.16. The first-order valence-electron chi connectivity index (χ1n) is 5.03. The lowest BCUT2D eigenvalue weighted by atomic mass is 10.1. The molecule has 0 atom stereocenters. The van der Waals surface area contributed by atoms with E-state index in [0.717, 1.165) is 5.56 Å². The molecule has 16 heavy (non-hydrogen) atoms. The number of aryl methyl sites for hydroxylation is 1. The minimum absolute atomic E-state index is 0.0203. The number of hydrogen-bond acceptors (Lipinski definition) is 3. The highest BCUT2D eigenvalue weighted by atomic mass is 16.3. The van der Waals surface area contributed by atoms with Gasteiger partial charge in [0.05, 0.1) is 10.8 Å². The van der Waals surface area contributed by atoms with Crippen LogP contribution in [0.1, 0.15) is 5.56 Å². The quantitative estimate of drug-likeness (QED) is 0.537. The van der Waals surface area contributed by atoms with Crippen LogP contribution in [-0.2, 0) is 0 Å². The second kappa shape index (κ2) is 3.17. The van der Waals surface area contributed by atoms with Gasteiger partial charge in [-0.1, -0.05) is 11.6 Å². The van der Waals surface area contributed by atoms with E-state index >= 15 is 0 Å². The first-order valence-corrected chi connectivity index (χ1v) is 5.03. The van der Waals surface area contributed by atoms with Crippen molar-refractivity contribution in [3.05, 3.63) is 52.4 Å². The van der Waals surface area contributed by atoms with Gasteiger partial charge in [0.1, 0.15) is 11.2 Å². The zero-order valence-electron chi connectivity index (χ0n) is 8.73. The monoisotopic (exact) mass is 211 g/mol. The second-order valence-corrected chi connectivity index (χ2v) is 3.80. The number of rotatable bonds is 0. The highest BCUT2D eigenvalue weighted by Crippen LogP contribution is 2.18. The molecule has 0 aliphatic carbocycles. The third-order valence-electron chi connectivity index (χ3n) is 2.63. The number of nitrogens with zero attached hydrogens (tertiary/aromatic N) is 1. The minimum Gasteiger partial charge on any atom is -0.456 e. The molecule has 0 fully saturated rings. The maximum absolute atomic E-state index is 12.1. The Kier molecular flexibility index (Phi) is 1.80. The van der Waals surface area contributed by atoms with E-state index in [9.17, 15) is 4.79 Å². The molecule has 78 valence electrons. The minimum atomic E-state index is -0.0203. The molecule has 0 bridgehead atoms. The van der Waals surface area contributed by atoms with Gasteiger partial charge in [-0.2, -0.15) is 0 Å². The molecule has 0 aliphatic rings. The Balaban J connectivity index is 2.61. The van der Waals surface area contributed by atoms with Crippen LogP contribution < -0.4 is 5.43 Å².